The lowest BCUT2D eigenvalue weighted by Crippen LogP contribution is -2.58. The highest BCUT2D eigenvalue weighted by molar-refractivity contribution is 7.98. The molecule has 0 radical (unpaired) electrons. The molecule has 0 unspecified atom stereocenters. The van der Waals surface area contributed by atoms with Gasteiger partial charge in [0.05, 0.1) is 17.2 Å². The van der Waals surface area contributed by atoms with Crippen LogP contribution < -0.4 is 26.7 Å². The molecule has 2 heterocycles. The van der Waals surface area contributed by atoms with Crippen LogP contribution in [0.5, 0.6) is 5.75 Å². The minimum absolute atomic E-state index is 0.0176. The number of nitrogens with two attached hydrogens (primary N) is 1. The van der Waals surface area contributed by atoms with E-state index in [2.05, 4.69) is 16.3 Å². The van der Waals surface area contributed by atoms with E-state index in [-0.39, 0.29) is 23.6 Å². The number of nitrogens with one attached hydrogen (secondary N) is 3. The Balaban J connectivity index is 1.73. The molecule has 1 aromatic rings. The van der Waals surface area contributed by atoms with E-state index >= 15 is 0 Å². The van der Waals surface area contributed by atoms with E-state index < -0.39 is 25.1 Å². The average Bonchev–Trinajstić information content (AvgIpc) is 3.17. The van der Waals surface area contributed by atoms with Crippen LogP contribution in [0.4, 0.5) is 0 Å². The fourth-order valence-electron chi connectivity index (χ4n) is 3.26. The number of hydrogen-bond donors (Lipinski definition) is 6. The maximum absolute atomic E-state index is 13.0. The highest BCUT2D eigenvalue weighted by atomic mass is 32.2. The van der Waals surface area contributed by atoms with Crippen LogP contribution in [0.25, 0.3) is 0 Å². The summed E-state index contributed by atoms with van der Waals surface area (Å²) in [6.45, 7) is 0.304. The van der Waals surface area contributed by atoms with Crippen molar-refractivity contribution in [3.05, 3.63) is 41.2 Å². The number of carboxylic acid groups (broad SMARTS) is 1. The Morgan fingerprint density at radius 1 is 1.52 bits per heavy atom. The Kier molecular flexibility index (Phi) is 6.90. The van der Waals surface area contributed by atoms with Crippen LogP contribution in [0.2, 0.25) is 0 Å². The fraction of sp³-hybridized carbons (Fsp3) is 0.412. The second-order valence-corrected chi connectivity index (χ2v) is 7.71. The number of thioether (sulfide) groups is 1. The minimum Gasteiger partial charge on any atom is -0.534 e. The molecule has 1 amide bonds. The molecule has 7 N–H and O–H groups in total. The number of carbonyl (C=O) groups is 2. The first-order valence-electron chi connectivity index (χ1n) is 9.14. The number of nitrogens with zero attached hydrogens (tertiary/aromatic N) is 1. The fourth-order valence-corrected chi connectivity index (χ4v) is 3.72. The van der Waals surface area contributed by atoms with Crippen molar-refractivity contribution in [1.82, 2.24) is 21.3 Å². The molecule has 0 spiro atoms. The van der Waals surface area contributed by atoms with Gasteiger partial charge in [0.2, 0.25) is 5.91 Å². The molecular weight excluding hydrogens is 397 g/mol. The second-order valence-electron chi connectivity index (χ2n) is 6.73. The summed E-state index contributed by atoms with van der Waals surface area (Å²) in [7, 11) is -1.35. The highest BCUT2D eigenvalue weighted by Gasteiger charge is 2.39. The second kappa shape index (κ2) is 9.40. The number of rotatable bonds is 8. The quantitative estimate of drug-likeness (QED) is 0.291. The van der Waals surface area contributed by atoms with Crippen LogP contribution in [-0.4, -0.2) is 64.7 Å². The van der Waals surface area contributed by atoms with Gasteiger partial charge >= 0.3 is 13.1 Å². The minimum atomic E-state index is -1.35. The van der Waals surface area contributed by atoms with E-state index in [1.807, 2.05) is 6.26 Å². The number of hydrogen-bond acceptors (Lipinski definition) is 9. The van der Waals surface area contributed by atoms with E-state index in [0.29, 0.717) is 18.5 Å². The lowest BCUT2D eigenvalue weighted by molar-refractivity contribution is -0.127. The molecule has 0 bridgehead atoms. The topological polar surface area (TPSA) is 149 Å². The zero-order valence-electron chi connectivity index (χ0n) is 15.9. The summed E-state index contributed by atoms with van der Waals surface area (Å²) in [6, 6.07) is 4.22. The van der Waals surface area contributed by atoms with Gasteiger partial charge in [-0.2, -0.15) is 11.8 Å². The smallest absolute Gasteiger partial charge is 0.534 e. The van der Waals surface area contributed by atoms with Crippen molar-refractivity contribution in [2.75, 3.05) is 18.6 Å². The Morgan fingerprint density at radius 2 is 2.31 bits per heavy atom. The van der Waals surface area contributed by atoms with Crippen LogP contribution in [-0.2, 0) is 11.2 Å². The van der Waals surface area contributed by atoms with Crippen molar-refractivity contribution in [2.24, 2.45) is 5.73 Å². The molecule has 29 heavy (non-hydrogen) atoms. The molecule has 10 nitrogen and oxygen atoms in total. The summed E-state index contributed by atoms with van der Waals surface area (Å²) in [6.07, 6.45) is 4.53. The first-order valence-corrected chi connectivity index (χ1v) is 10.5. The van der Waals surface area contributed by atoms with Gasteiger partial charge < -0.3 is 31.3 Å². The highest BCUT2D eigenvalue weighted by Crippen LogP contribution is 2.30. The number of aromatic carboxylic acids is 1. The number of amides is 1. The molecule has 0 fully saturated rings. The van der Waals surface area contributed by atoms with Gasteiger partial charge in [-0.05, 0) is 36.5 Å². The molecule has 0 saturated carbocycles. The zero-order chi connectivity index (χ0) is 21.0. The van der Waals surface area contributed by atoms with E-state index in [1.165, 1.54) is 6.07 Å². The number of para-hydroxylation sites is 1. The number of benzene rings is 1. The molecule has 0 aliphatic carbocycles. The normalized spacial score (nSPS) is 19.0. The SMILES string of the molecule is CSCC[C@@H](C(=O)N[C@H]1Cc2cccc(C(=O)O)c2OB1O)N1C=C(CN)NN1. The Morgan fingerprint density at radius 3 is 2.97 bits per heavy atom. The number of carbonyl (C=O) groups excluding carboxylic acids is 1. The molecule has 0 aromatic heterocycles. The lowest BCUT2D eigenvalue weighted by Gasteiger charge is -2.32. The molecule has 0 saturated heterocycles. The van der Waals surface area contributed by atoms with E-state index in [0.717, 1.165) is 11.4 Å². The van der Waals surface area contributed by atoms with Crippen molar-refractivity contribution in [1.29, 1.82) is 0 Å². The van der Waals surface area contributed by atoms with Crippen LogP contribution in [0.3, 0.4) is 0 Å². The van der Waals surface area contributed by atoms with Crippen molar-refractivity contribution >= 4 is 30.8 Å². The van der Waals surface area contributed by atoms with Gasteiger partial charge in [-0.25, -0.2) is 4.79 Å². The Bertz CT molecular complexity index is 810. The Hall–Kier alpha value is -2.41. The summed E-state index contributed by atoms with van der Waals surface area (Å²) in [5, 5.41) is 24.2. The first-order chi connectivity index (χ1) is 13.9. The van der Waals surface area contributed by atoms with Crippen LogP contribution >= 0.6 is 11.8 Å². The van der Waals surface area contributed by atoms with E-state index in [4.69, 9.17) is 10.4 Å². The van der Waals surface area contributed by atoms with Crippen molar-refractivity contribution in [2.45, 2.75) is 24.8 Å². The van der Waals surface area contributed by atoms with Crippen LogP contribution in [0, 0.1) is 0 Å². The third kappa shape index (κ3) is 4.78. The zero-order valence-corrected chi connectivity index (χ0v) is 16.7. The number of fused-ring (bicyclic) bond motifs is 1. The summed E-state index contributed by atoms with van der Waals surface area (Å²) in [5.74, 6) is -1.23. The van der Waals surface area contributed by atoms with Gasteiger partial charge in [0.25, 0.3) is 0 Å². The lowest BCUT2D eigenvalue weighted by atomic mass is 9.72. The third-order valence-electron chi connectivity index (χ3n) is 4.77. The molecule has 2 aliphatic rings. The van der Waals surface area contributed by atoms with Crippen molar-refractivity contribution in [3.63, 3.8) is 0 Å². The molecule has 2 atom stereocenters. The van der Waals surface area contributed by atoms with Crippen LogP contribution in [0.15, 0.2) is 30.1 Å². The average molecular weight is 421 g/mol. The summed E-state index contributed by atoms with van der Waals surface area (Å²) >= 11 is 1.62. The predicted molar refractivity (Wildman–Crippen MR) is 110 cm³/mol. The van der Waals surface area contributed by atoms with E-state index in [9.17, 15) is 19.7 Å². The molecule has 1 aromatic carbocycles. The summed E-state index contributed by atoms with van der Waals surface area (Å²) in [5.41, 5.74) is 12.8. The standard InChI is InChI=1S/C17H24BN5O5S/c1-29-6-5-13(23-9-11(8-19)21-22-23)16(24)20-14-7-10-3-2-4-12(17(25)26)15(10)28-18(14)27/h2-4,9,13-14,21-22,27H,5-8,19H2,1H3,(H,20,24)(H,25,26)/t13-,14-/m0/s1. The molecule has 12 heteroatoms. The molecule has 3 rings (SSSR count). The van der Waals surface area contributed by atoms with Crippen molar-refractivity contribution < 1.29 is 24.4 Å². The monoisotopic (exact) mass is 421 g/mol. The largest absolute Gasteiger partial charge is 0.547 e. The first kappa shape index (κ1) is 21.3. The number of hydrazine groups is 2. The maximum atomic E-state index is 13.0. The van der Waals surface area contributed by atoms with Gasteiger partial charge in [0.1, 0.15) is 11.8 Å². The van der Waals surface area contributed by atoms with Gasteiger partial charge in [0.15, 0.2) is 0 Å². The molecule has 156 valence electrons. The Labute approximate surface area is 172 Å². The molecular formula is C17H24BN5O5S. The van der Waals surface area contributed by atoms with Gasteiger partial charge in [-0.1, -0.05) is 12.1 Å². The van der Waals surface area contributed by atoms with Crippen molar-refractivity contribution in [3.8, 4) is 5.75 Å². The summed E-state index contributed by atoms with van der Waals surface area (Å²) in [4.78, 5) is 24.3. The molecule has 2 aliphatic heterocycles. The third-order valence-corrected chi connectivity index (χ3v) is 5.42. The van der Waals surface area contributed by atoms with E-state index in [1.54, 1.807) is 35.1 Å². The maximum Gasteiger partial charge on any atom is 0.547 e. The van der Waals surface area contributed by atoms with Gasteiger partial charge in [-0.15, -0.1) is 5.53 Å². The number of carboxylic acids is 1. The van der Waals surface area contributed by atoms with Gasteiger partial charge in [0, 0.05) is 12.7 Å². The predicted octanol–water partition coefficient (Wildman–Crippen LogP) is -0.929. The summed E-state index contributed by atoms with van der Waals surface area (Å²) < 4.78 is 5.44. The van der Waals surface area contributed by atoms with Gasteiger partial charge in [-0.3, -0.25) is 9.80 Å². The van der Waals surface area contributed by atoms with Crippen LogP contribution in [0.1, 0.15) is 22.3 Å².